The van der Waals surface area contributed by atoms with Crippen LogP contribution in [0.5, 0.6) is 0 Å². The Hall–Kier alpha value is -1.55. The van der Waals surface area contributed by atoms with Gasteiger partial charge in [-0.05, 0) is 17.7 Å². The predicted molar refractivity (Wildman–Crippen MR) is 44.2 cm³/mol. The summed E-state index contributed by atoms with van der Waals surface area (Å²) in [4.78, 5) is 7.94. The molecule has 1 atom stereocenters. The largest absolute Gasteiger partial charge is 0.363 e. The standard InChI is InChI=1S/C8H7N3O/c1-2-6-8(11-12-10-6)7-5(1)3-4-9-7/h1-4,8-9,11H. The fourth-order valence-electron chi connectivity index (χ4n) is 1.54. The number of H-pyrrole nitrogens is 1. The van der Waals surface area contributed by atoms with Crippen LogP contribution in [0.25, 0.3) is 6.08 Å². The van der Waals surface area contributed by atoms with E-state index in [0.29, 0.717) is 0 Å². The fraction of sp³-hybridized carbons (Fsp3) is 0.125. The lowest BCUT2D eigenvalue weighted by atomic mass is 9.99. The Labute approximate surface area is 68.9 Å². The lowest BCUT2D eigenvalue weighted by molar-refractivity contribution is 0.0592. The molecule has 0 radical (unpaired) electrons. The number of hydroxylamine groups is 1. The van der Waals surface area contributed by atoms with Crippen molar-refractivity contribution in [2.75, 3.05) is 0 Å². The van der Waals surface area contributed by atoms with Crippen molar-refractivity contribution >= 4 is 11.8 Å². The highest BCUT2D eigenvalue weighted by molar-refractivity contribution is 6.05. The Morgan fingerprint density at radius 3 is 3.42 bits per heavy atom. The molecular formula is C8H7N3O. The number of nitrogens with zero attached hydrogens (tertiary/aromatic N) is 1. The van der Waals surface area contributed by atoms with Gasteiger partial charge in [0, 0.05) is 11.9 Å². The lowest BCUT2D eigenvalue weighted by Gasteiger charge is -2.11. The van der Waals surface area contributed by atoms with E-state index < -0.39 is 0 Å². The van der Waals surface area contributed by atoms with E-state index in [0.717, 1.165) is 11.4 Å². The van der Waals surface area contributed by atoms with E-state index in [1.165, 1.54) is 5.56 Å². The van der Waals surface area contributed by atoms with Crippen LogP contribution in [-0.4, -0.2) is 10.7 Å². The summed E-state index contributed by atoms with van der Waals surface area (Å²) in [5, 5.41) is 3.83. The minimum Gasteiger partial charge on any atom is -0.363 e. The van der Waals surface area contributed by atoms with Crippen LogP contribution in [0.15, 0.2) is 23.5 Å². The first-order chi connectivity index (χ1) is 5.95. The Bertz CT molecular complexity index is 377. The van der Waals surface area contributed by atoms with Crippen molar-refractivity contribution in [2.24, 2.45) is 5.16 Å². The summed E-state index contributed by atoms with van der Waals surface area (Å²) < 4.78 is 0. The summed E-state index contributed by atoms with van der Waals surface area (Å²) in [7, 11) is 0. The van der Waals surface area contributed by atoms with Gasteiger partial charge in [0.1, 0.15) is 11.8 Å². The molecule has 3 rings (SSSR count). The monoisotopic (exact) mass is 161 g/mol. The second kappa shape index (κ2) is 1.98. The third-order valence-electron chi connectivity index (χ3n) is 2.15. The maximum Gasteiger partial charge on any atom is 0.131 e. The summed E-state index contributed by atoms with van der Waals surface area (Å²) in [5.41, 5.74) is 6.05. The van der Waals surface area contributed by atoms with Crippen molar-refractivity contribution in [2.45, 2.75) is 6.04 Å². The zero-order chi connectivity index (χ0) is 7.97. The molecule has 0 fully saturated rings. The molecule has 2 heterocycles. The third-order valence-corrected chi connectivity index (χ3v) is 2.15. The summed E-state index contributed by atoms with van der Waals surface area (Å²) in [5.74, 6) is 0. The number of aromatic amines is 1. The average molecular weight is 161 g/mol. The molecule has 1 aromatic rings. The smallest absolute Gasteiger partial charge is 0.131 e. The van der Waals surface area contributed by atoms with Crippen LogP contribution >= 0.6 is 0 Å². The SMILES string of the molecule is C1=Cc2cc[nH]c2C2NON=C12. The van der Waals surface area contributed by atoms with E-state index in [1.807, 2.05) is 24.4 Å². The highest BCUT2D eigenvalue weighted by Gasteiger charge is 2.28. The Morgan fingerprint density at radius 2 is 2.42 bits per heavy atom. The lowest BCUT2D eigenvalue weighted by Crippen LogP contribution is -2.22. The zero-order valence-corrected chi connectivity index (χ0v) is 6.24. The van der Waals surface area contributed by atoms with E-state index in [-0.39, 0.29) is 6.04 Å². The molecule has 4 nitrogen and oxygen atoms in total. The van der Waals surface area contributed by atoms with Crippen LogP contribution in [0.4, 0.5) is 0 Å². The van der Waals surface area contributed by atoms with Crippen LogP contribution < -0.4 is 5.48 Å². The molecular weight excluding hydrogens is 154 g/mol. The van der Waals surface area contributed by atoms with Crippen molar-refractivity contribution in [1.82, 2.24) is 10.5 Å². The molecule has 0 saturated heterocycles. The van der Waals surface area contributed by atoms with Gasteiger partial charge in [-0.25, -0.2) is 0 Å². The normalized spacial score (nSPS) is 24.3. The molecule has 2 aliphatic rings. The van der Waals surface area contributed by atoms with Crippen LogP contribution in [0.2, 0.25) is 0 Å². The van der Waals surface area contributed by atoms with Gasteiger partial charge in [0.25, 0.3) is 0 Å². The molecule has 1 aliphatic heterocycles. The minimum atomic E-state index is 0.0833. The average Bonchev–Trinajstić information content (AvgIpc) is 2.71. The molecule has 12 heavy (non-hydrogen) atoms. The third kappa shape index (κ3) is 0.622. The van der Waals surface area contributed by atoms with Crippen LogP contribution in [0.1, 0.15) is 17.3 Å². The Morgan fingerprint density at radius 1 is 1.42 bits per heavy atom. The second-order valence-corrected chi connectivity index (χ2v) is 2.84. The predicted octanol–water partition coefficient (Wildman–Crippen LogP) is 0.973. The summed E-state index contributed by atoms with van der Waals surface area (Å²) in [6, 6.07) is 2.11. The van der Waals surface area contributed by atoms with Crippen molar-refractivity contribution in [3.8, 4) is 0 Å². The first-order valence-corrected chi connectivity index (χ1v) is 3.80. The molecule has 4 heteroatoms. The van der Waals surface area contributed by atoms with Gasteiger partial charge in [-0.1, -0.05) is 11.2 Å². The quantitative estimate of drug-likeness (QED) is 0.595. The summed E-state index contributed by atoms with van der Waals surface area (Å²) >= 11 is 0. The first kappa shape index (κ1) is 6.02. The number of fused-ring (bicyclic) bond motifs is 3. The van der Waals surface area contributed by atoms with Crippen LogP contribution in [-0.2, 0) is 4.94 Å². The number of hydrogen-bond acceptors (Lipinski definition) is 3. The van der Waals surface area contributed by atoms with Gasteiger partial charge in [0.15, 0.2) is 0 Å². The molecule has 0 saturated carbocycles. The highest BCUT2D eigenvalue weighted by atomic mass is 16.8. The molecule has 1 unspecified atom stereocenters. The Kier molecular flexibility index (Phi) is 0.995. The molecule has 2 N–H and O–H groups in total. The maximum atomic E-state index is 4.78. The molecule has 0 bridgehead atoms. The molecule has 0 spiro atoms. The molecule has 1 aliphatic carbocycles. The van der Waals surface area contributed by atoms with Crippen molar-refractivity contribution in [3.05, 3.63) is 29.6 Å². The van der Waals surface area contributed by atoms with Crippen LogP contribution in [0, 0.1) is 0 Å². The number of rotatable bonds is 0. The number of hydrogen-bond donors (Lipinski definition) is 2. The minimum absolute atomic E-state index is 0.0833. The molecule has 0 amide bonds. The van der Waals surface area contributed by atoms with Gasteiger partial charge in [0.2, 0.25) is 0 Å². The van der Waals surface area contributed by atoms with E-state index in [9.17, 15) is 0 Å². The summed E-state index contributed by atoms with van der Waals surface area (Å²) in [6.45, 7) is 0. The van der Waals surface area contributed by atoms with Gasteiger partial charge in [0.05, 0.1) is 0 Å². The van der Waals surface area contributed by atoms with Crippen molar-refractivity contribution in [1.29, 1.82) is 0 Å². The van der Waals surface area contributed by atoms with Gasteiger partial charge in [-0.2, -0.15) is 0 Å². The summed E-state index contributed by atoms with van der Waals surface area (Å²) in [6.07, 6.45) is 5.90. The van der Waals surface area contributed by atoms with Crippen LogP contribution in [0.3, 0.4) is 0 Å². The maximum absolute atomic E-state index is 4.78. The van der Waals surface area contributed by atoms with Gasteiger partial charge < -0.3 is 4.98 Å². The number of nitrogens with one attached hydrogen (secondary N) is 2. The van der Waals surface area contributed by atoms with Gasteiger partial charge in [-0.15, -0.1) is 5.48 Å². The Balaban J connectivity index is 2.20. The molecule has 60 valence electrons. The zero-order valence-electron chi connectivity index (χ0n) is 6.24. The van der Waals surface area contributed by atoms with Gasteiger partial charge >= 0.3 is 0 Å². The fourth-order valence-corrected chi connectivity index (χ4v) is 1.54. The number of oxime groups is 1. The van der Waals surface area contributed by atoms with E-state index in [1.54, 1.807) is 0 Å². The second-order valence-electron chi connectivity index (χ2n) is 2.84. The van der Waals surface area contributed by atoms with E-state index in [2.05, 4.69) is 15.6 Å². The van der Waals surface area contributed by atoms with Crippen molar-refractivity contribution in [3.63, 3.8) is 0 Å². The van der Waals surface area contributed by atoms with E-state index in [4.69, 9.17) is 4.94 Å². The topological polar surface area (TPSA) is 49.4 Å². The molecule has 1 aromatic heterocycles. The number of aromatic nitrogens is 1. The van der Waals surface area contributed by atoms with E-state index >= 15 is 0 Å². The van der Waals surface area contributed by atoms with Gasteiger partial charge in [-0.3, -0.25) is 4.94 Å². The van der Waals surface area contributed by atoms with Crippen molar-refractivity contribution < 1.29 is 4.94 Å². The highest BCUT2D eigenvalue weighted by Crippen LogP contribution is 2.27. The first-order valence-electron chi connectivity index (χ1n) is 3.80. The molecule has 0 aromatic carbocycles.